The van der Waals surface area contributed by atoms with Crippen molar-refractivity contribution in [2.75, 3.05) is 4.72 Å². The standard InChI is InChI=1S/C15H12F4N2S2/c16-12-6-3-7-13(14(12)23-20)21-22-9-8-10-4-1-2-5-11(10)15(17,18)19/h1-9,21H,20H2/b9-8+. The Kier molecular flexibility index (Phi) is 5.97. The normalized spacial score (nSPS) is 11.9. The van der Waals surface area contributed by atoms with Crippen molar-refractivity contribution in [3.63, 3.8) is 0 Å². The molecule has 0 aromatic heterocycles. The van der Waals surface area contributed by atoms with Gasteiger partial charge >= 0.3 is 6.18 Å². The van der Waals surface area contributed by atoms with Gasteiger partial charge in [0.25, 0.3) is 0 Å². The molecular weight excluding hydrogens is 348 g/mol. The third-order valence-electron chi connectivity index (χ3n) is 2.84. The number of rotatable bonds is 5. The van der Waals surface area contributed by atoms with Crippen molar-refractivity contribution in [1.29, 1.82) is 0 Å². The number of nitrogens with one attached hydrogen (secondary N) is 1. The molecule has 0 amide bonds. The first kappa shape index (κ1) is 17.7. The minimum Gasteiger partial charge on any atom is -0.325 e. The fourth-order valence-electron chi connectivity index (χ4n) is 1.81. The van der Waals surface area contributed by atoms with Gasteiger partial charge in [0.15, 0.2) is 0 Å². The highest BCUT2D eigenvalue weighted by atomic mass is 32.2. The van der Waals surface area contributed by atoms with Crippen molar-refractivity contribution in [1.82, 2.24) is 0 Å². The summed E-state index contributed by atoms with van der Waals surface area (Å²) in [5, 5.41) is 6.86. The average molecular weight is 360 g/mol. The topological polar surface area (TPSA) is 38.0 Å². The molecule has 8 heteroatoms. The van der Waals surface area contributed by atoms with Gasteiger partial charge in [-0.2, -0.15) is 13.2 Å². The summed E-state index contributed by atoms with van der Waals surface area (Å²) < 4.78 is 54.9. The fourth-order valence-corrected chi connectivity index (χ4v) is 2.89. The molecule has 2 rings (SSSR count). The van der Waals surface area contributed by atoms with Crippen molar-refractivity contribution < 1.29 is 17.6 Å². The second-order valence-corrected chi connectivity index (χ2v) is 5.70. The van der Waals surface area contributed by atoms with Crippen LogP contribution < -0.4 is 9.86 Å². The van der Waals surface area contributed by atoms with Crippen molar-refractivity contribution in [2.24, 2.45) is 5.14 Å². The van der Waals surface area contributed by atoms with Crippen LogP contribution >= 0.6 is 23.9 Å². The Morgan fingerprint density at radius 1 is 1.04 bits per heavy atom. The summed E-state index contributed by atoms with van der Waals surface area (Å²) in [5.41, 5.74) is -0.195. The van der Waals surface area contributed by atoms with Crippen LogP contribution in [0, 0.1) is 5.82 Å². The van der Waals surface area contributed by atoms with E-state index in [2.05, 4.69) is 4.72 Å². The lowest BCUT2D eigenvalue weighted by atomic mass is 10.1. The second-order valence-electron chi connectivity index (χ2n) is 4.34. The molecule has 0 saturated heterocycles. The minimum absolute atomic E-state index is 0.0574. The lowest BCUT2D eigenvalue weighted by Crippen LogP contribution is -2.06. The predicted octanol–water partition coefficient (Wildman–Crippen LogP) is 5.54. The van der Waals surface area contributed by atoms with Crippen LogP contribution in [0.2, 0.25) is 0 Å². The van der Waals surface area contributed by atoms with Gasteiger partial charge in [-0.05, 0) is 59.1 Å². The molecule has 2 aromatic rings. The largest absolute Gasteiger partial charge is 0.416 e. The van der Waals surface area contributed by atoms with E-state index in [9.17, 15) is 17.6 Å². The molecule has 0 spiro atoms. The van der Waals surface area contributed by atoms with E-state index in [1.165, 1.54) is 41.8 Å². The van der Waals surface area contributed by atoms with E-state index < -0.39 is 17.6 Å². The van der Waals surface area contributed by atoms with Gasteiger partial charge in [-0.25, -0.2) is 4.39 Å². The molecular formula is C15H12F4N2S2. The maximum atomic E-state index is 13.5. The number of alkyl halides is 3. The summed E-state index contributed by atoms with van der Waals surface area (Å²) in [7, 11) is 0. The SMILES string of the molecule is NSc1c(F)cccc1NS/C=C/c1ccccc1C(F)(F)F. The van der Waals surface area contributed by atoms with Crippen LogP contribution in [0.15, 0.2) is 52.8 Å². The van der Waals surface area contributed by atoms with Crippen molar-refractivity contribution in [3.05, 3.63) is 64.8 Å². The predicted molar refractivity (Wildman–Crippen MR) is 88.1 cm³/mol. The zero-order valence-corrected chi connectivity index (χ0v) is 13.2. The summed E-state index contributed by atoms with van der Waals surface area (Å²) in [6.45, 7) is 0. The van der Waals surface area contributed by atoms with Gasteiger partial charge in [0, 0.05) is 0 Å². The van der Waals surface area contributed by atoms with Gasteiger partial charge in [0.2, 0.25) is 0 Å². The van der Waals surface area contributed by atoms with Crippen LogP contribution in [0.25, 0.3) is 6.08 Å². The first-order valence-electron chi connectivity index (χ1n) is 6.33. The van der Waals surface area contributed by atoms with Gasteiger partial charge < -0.3 is 4.72 Å². The van der Waals surface area contributed by atoms with Crippen LogP contribution in [0.5, 0.6) is 0 Å². The Morgan fingerprint density at radius 3 is 2.48 bits per heavy atom. The number of hydrogen-bond acceptors (Lipinski definition) is 4. The number of halogens is 4. The molecule has 122 valence electrons. The van der Waals surface area contributed by atoms with Gasteiger partial charge in [-0.3, -0.25) is 5.14 Å². The van der Waals surface area contributed by atoms with Crippen molar-refractivity contribution in [3.8, 4) is 0 Å². The molecule has 0 heterocycles. The number of hydrogen-bond donors (Lipinski definition) is 2. The Hall–Kier alpha value is -1.64. The maximum absolute atomic E-state index is 13.5. The summed E-state index contributed by atoms with van der Waals surface area (Å²) in [6, 6.07) is 9.69. The van der Waals surface area contributed by atoms with Gasteiger partial charge in [-0.1, -0.05) is 24.3 Å². The van der Waals surface area contributed by atoms with Crippen molar-refractivity contribution >= 4 is 35.7 Å². The molecule has 0 saturated carbocycles. The number of nitrogens with two attached hydrogens (primary N) is 1. The molecule has 2 aromatic carbocycles. The van der Waals surface area contributed by atoms with Crippen LogP contribution in [0.3, 0.4) is 0 Å². The zero-order chi connectivity index (χ0) is 16.9. The highest BCUT2D eigenvalue weighted by Crippen LogP contribution is 2.33. The van der Waals surface area contributed by atoms with E-state index >= 15 is 0 Å². The lowest BCUT2D eigenvalue weighted by molar-refractivity contribution is -0.137. The number of anilines is 1. The Morgan fingerprint density at radius 2 is 1.78 bits per heavy atom. The highest BCUT2D eigenvalue weighted by Gasteiger charge is 2.32. The van der Waals surface area contributed by atoms with Crippen LogP contribution in [-0.2, 0) is 6.18 Å². The second kappa shape index (κ2) is 7.76. The minimum atomic E-state index is -4.41. The molecule has 0 fully saturated rings. The molecule has 23 heavy (non-hydrogen) atoms. The van der Waals surface area contributed by atoms with E-state index in [1.54, 1.807) is 6.07 Å². The highest BCUT2D eigenvalue weighted by molar-refractivity contribution is 8.03. The summed E-state index contributed by atoms with van der Waals surface area (Å²) in [4.78, 5) is 0.240. The van der Waals surface area contributed by atoms with E-state index in [0.717, 1.165) is 30.0 Å². The zero-order valence-electron chi connectivity index (χ0n) is 11.6. The lowest BCUT2D eigenvalue weighted by Gasteiger charge is -2.10. The molecule has 0 atom stereocenters. The maximum Gasteiger partial charge on any atom is 0.416 e. The van der Waals surface area contributed by atoms with Gasteiger partial charge in [0.05, 0.1) is 16.1 Å². The molecule has 2 nitrogen and oxygen atoms in total. The molecule has 0 aliphatic carbocycles. The van der Waals surface area contributed by atoms with Crippen LogP contribution in [0.1, 0.15) is 11.1 Å². The fraction of sp³-hybridized carbons (Fsp3) is 0.0667. The van der Waals surface area contributed by atoms with Gasteiger partial charge in [0.1, 0.15) is 5.82 Å². The third kappa shape index (κ3) is 4.66. The molecule has 0 bridgehead atoms. The molecule has 3 N–H and O–H groups in total. The average Bonchev–Trinajstić information content (AvgIpc) is 2.51. The Labute approximate surface area is 139 Å². The smallest absolute Gasteiger partial charge is 0.325 e. The third-order valence-corrected chi connectivity index (χ3v) is 4.10. The van der Waals surface area contributed by atoms with E-state index in [0.29, 0.717) is 5.69 Å². The Bertz CT molecular complexity index is 702. The van der Waals surface area contributed by atoms with Crippen LogP contribution in [0.4, 0.5) is 23.2 Å². The first-order chi connectivity index (χ1) is 10.9. The van der Waals surface area contributed by atoms with E-state index in [4.69, 9.17) is 5.14 Å². The van der Waals surface area contributed by atoms with Crippen LogP contribution in [-0.4, -0.2) is 0 Å². The molecule has 0 unspecified atom stereocenters. The van der Waals surface area contributed by atoms with E-state index in [-0.39, 0.29) is 10.5 Å². The Balaban J connectivity index is 2.08. The molecule has 0 aliphatic heterocycles. The first-order valence-corrected chi connectivity index (χ1v) is 8.09. The molecule has 0 aliphatic rings. The van der Waals surface area contributed by atoms with Gasteiger partial charge in [-0.15, -0.1) is 0 Å². The molecule has 0 radical (unpaired) electrons. The summed E-state index contributed by atoms with van der Waals surface area (Å²) in [5.74, 6) is -0.463. The van der Waals surface area contributed by atoms with Crippen molar-refractivity contribution in [2.45, 2.75) is 11.1 Å². The number of benzene rings is 2. The monoisotopic (exact) mass is 360 g/mol. The quantitative estimate of drug-likeness (QED) is 0.542. The van der Waals surface area contributed by atoms with E-state index in [1.807, 2.05) is 0 Å². The summed E-state index contributed by atoms with van der Waals surface area (Å²) >= 11 is 1.78. The summed E-state index contributed by atoms with van der Waals surface area (Å²) in [6.07, 6.45) is -3.07.